The predicted octanol–water partition coefficient (Wildman–Crippen LogP) is 4.68. The summed E-state index contributed by atoms with van der Waals surface area (Å²) in [7, 11) is 0. The molecule has 158 valence electrons. The SMILES string of the molecule is Cc1cccc(C)c1OC[C@@H](NC(=O)CCc1nc(C(C)C)no1)c1ccccc1. The van der Waals surface area contributed by atoms with E-state index in [9.17, 15) is 4.79 Å². The smallest absolute Gasteiger partial charge is 0.227 e. The fourth-order valence-corrected chi connectivity index (χ4v) is 3.19. The summed E-state index contributed by atoms with van der Waals surface area (Å²) in [5.74, 6) is 2.12. The van der Waals surface area contributed by atoms with Crippen molar-refractivity contribution in [2.75, 3.05) is 6.61 Å². The van der Waals surface area contributed by atoms with Crippen molar-refractivity contribution in [3.8, 4) is 5.75 Å². The molecule has 6 nitrogen and oxygen atoms in total. The van der Waals surface area contributed by atoms with Gasteiger partial charge in [-0.1, -0.05) is 67.5 Å². The Hall–Kier alpha value is -3.15. The third-order valence-electron chi connectivity index (χ3n) is 4.91. The van der Waals surface area contributed by atoms with Gasteiger partial charge in [0, 0.05) is 18.8 Å². The molecule has 0 aliphatic rings. The average Bonchev–Trinajstić information content (AvgIpc) is 3.21. The van der Waals surface area contributed by atoms with Crippen molar-refractivity contribution in [3.05, 3.63) is 76.9 Å². The number of hydrogen-bond acceptors (Lipinski definition) is 5. The lowest BCUT2D eigenvalue weighted by atomic mass is 10.1. The molecule has 1 N–H and O–H groups in total. The Morgan fingerprint density at radius 2 is 1.77 bits per heavy atom. The van der Waals surface area contributed by atoms with E-state index in [-0.39, 0.29) is 24.3 Å². The van der Waals surface area contributed by atoms with Crippen LogP contribution in [0.2, 0.25) is 0 Å². The molecule has 30 heavy (non-hydrogen) atoms. The van der Waals surface area contributed by atoms with Gasteiger partial charge in [0.15, 0.2) is 5.82 Å². The molecule has 0 unspecified atom stereocenters. The minimum atomic E-state index is -0.258. The van der Waals surface area contributed by atoms with E-state index in [0.717, 1.165) is 22.4 Å². The lowest BCUT2D eigenvalue weighted by Gasteiger charge is -2.21. The highest BCUT2D eigenvalue weighted by atomic mass is 16.5. The summed E-state index contributed by atoms with van der Waals surface area (Å²) in [4.78, 5) is 17.0. The number of para-hydroxylation sites is 1. The Labute approximate surface area is 177 Å². The number of hydrogen-bond donors (Lipinski definition) is 1. The number of carbonyl (C=O) groups excluding carboxylic acids is 1. The van der Waals surface area contributed by atoms with Gasteiger partial charge in [0.05, 0.1) is 6.04 Å². The maximum Gasteiger partial charge on any atom is 0.227 e. The second kappa shape index (κ2) is 10.1. The van der Waals surface area contributed by atoms with Gasteiger partial charge in [-0.15, -0.1) is 0 Å². The number of nitrogens with one attached hydrogen (secondary N) is 1. The monoisotopic (exact) mass is 407 g/mol. The van der Waals surface area contributed by atoms with Crippen molar-refractivity contribution in [2.24, 2.45) is 0 Å². The summed E-state index contributed by atoms with van der Waals surface area (Å²) in [6.07, 6.45) is 0.678. The summed E-state index contributed by atoms with van der Waals surface area (Å²) in [6.45, 7) is 8.39. The molecule has 0 aliphatic carbocycles. The van der Waals surface area contributed by atoms with Crippen LogP contribution in [0.4, 0.5) is 0 Å². The molecular weight excluding hydrogens is 378 g/mol. The largest absolute Gasteiger partial charge is 0.491 e. The minimum Gasteiger partial charge on any atom is -0.491 e. The number of nitrogens with zero attached hydrogens (tertiary/aromatic N) is 2. The lowest BCUT2D eigenvalue weighted by Crippen LogP contribution is -2.32. The fourth-order valence-electron chi connectivity index (χ4n) is 3.19. The molecule has 0 aliphatic heterocycles. The molecule has 1 aromatic heterocycles. The van der Waals surface area contributed by atoms with Crippen molar-refractivity contribution in [1.82, 2.24) is 15.5 Å². The molecule has 0 radical (unpaired) electrons. The van der Waals surface area contributed by atoms with Crippen molar-refractivity contribution in [1.29, 1.82) is 0 Å². The van der Waals surface area contributed by atoms with Crippen molar-refractivity contribution >= 4 is 5.91 Å². The number of aryl methyl sites for hydroxylation is 3. The molecule has 1 atom stereocenters. The molecule has 6 heteroatoms. The van der Waals surface area contributed by atoms with Gasteiger partial charge >= 0.3 is 0 Å². The van der Waals surface area contributed by atoms with Crippen LogP contribution >= 0.6 is 0 Å². The minimum absolute atomic E-state index is 0.0849. The van der Waals surface area contributed by atoms with E-state index in [1.807, 2.05) is 76.2 Å². The summed E-state index contributed by atoms with van der Waals surface area (Å²) in [6, 6.07) is 15.7. The van der Waals surface area contributed by atoms with Crippen molar-refractivity contribution in [3.63, 3.8) is 0 Å². The Kier molecular flexibility index (Phi) is 7.22. The Bertz CT molecular complexity index is 947. The zero-order chi connectivity index (χ0) is 21.5. The van der Waals surface area contributed by atoms with Crippen LogP contribution in [-0.2, 0) is 11.2 Å². The molecule has 2 aromatic carbocycles. The molecule has 0 fully saturated rings. The number of benzene rings is 2. The first-order valence-electron chi connectivity index (χ1n) is 10.3. The van der Waals surface area contributed by atoms with Gasteiger partial charge in [-0.3, -0.25) is 4.79 Å². The highest BCUT2D eigenvalue weighted by Crippen LogP contribution is 2.24. The highest BCUT2D eigenvalue weighted by molar-refractivity contribution is 5.76. The van der Waals surface area contributed by atoms with Crippen LogP contribution in [0.25, 0.3) is 0 Å². The molecule has 3 rings (SSSR count). The fraction of sp³-hybridized carbons (Fsp3) is 0.375. The van der Waals surface area contributed by atoms with Crippen LogP contribution in [0.3, 0.4) is 0 Å². The Morgan fingerprint density at radius 3 is 2.40 bits per heavy atom. The standard InChI is InChI=1S/C24H29N3O3/c1-16(2)24-26-22(30-27-24)14-13-21(28)25-20(19-11-6-5-7-12-19)15-29-23-17(3)9-8-10-18(23)4/h5-12,16,20H,13-15H2,1-4H3,(H,25,28)/t20-/m1/s1. The van der Waals surface area contributed by atoms with E-state index < -0.39 is 0 Å². The number of rotatable bonds is 9. The van der Waals surface area contributed by atoms with Gasteiger partial charge in [0.25, 0.3) is 0 Å². The van der Waals surface area contributed by atoms with E-state index in [2.05, 4.69) is 15.5 Å². The maximum atomic E-state index is 12.6. The average molecular weight is 408 g/mol. The molecule has 0 spiro atoms. The summed E-state index contributed by atoms with van der Waals surface area (Å²) in [5, 5.41) is 7.03. The molecular formula is C24H29N3O3. The molecule has 0 saturated carbocycles. The zero-order valence-corrected chi connectivity index (χ0v) is 18.0. The zero-order valence-electron chi connectivity index (χ0n) is 18.0. The van der Waals surface area contributed by atoms with E-state index in [4.69, 9.17) is 9.26 Å². The maximum absolute atomic E-state index is 12.6. The van der Waals surface area contributed by atoms with Gasteiger partial charge in [0.1, 0.15) is 12.4 Å². The molecule has 0 saturated heterocycles. The van der Waals surface area contributed by atoms with Crippen LogP contribution in [0.15, 0.2) is 53.1 Å². The first-order chi connectivity index (χ1) is 14.4. The van der Waals surface area contributed by atoms with Gasteiger partial charge in [-0.25, -0.2) is 0 Å². The van der Waals surface area contributed by atoms with Crippen molar-refractivity contribution in [2.45, 2.75) is 52.5 Å². The van der Waals surface area contributed by atoms with Gasteiger partial charge in [-0.2, -0.15) is 4.98 Å². The van der Waals surface area contributed by atoms with Crippen LogP contribution < -0.4 is 10.1 Å². The molecule has 3 aromatic rings. The second-order valence-corrected chi connectivity index (χ2v) is 7.76. The van der Waals surface area contributed by atoms with Crippen LogP contribution in [-0.4, -0.2) is 22.7 Å². The number of amides is 1. The number of aromatic nitrogens is 2. The summed E-state index contributed by atoms with van der Waals surface area (Å²) in [5.41, 5.74) is 3.15. The second-order valence-electron chi connectivity index (χ2n) is 7.76. The van der Waals surface area contributed by atoms with Gasteiger partial charge in [-0.05, 0) is 30.5 Å². The van der Waals surface area contributed by atoms with E-state index in [0.29, 0.717) is 24.7 Å². The Morgan fingerprint density at radius 1 is 1.07 bits per heavy atom. The van der Waals surface area contributed by atoms with Crippen LogP contribution in [0.1, 0.15) is 60.6 Å². The van der Waals surface area contributed by atoms with E-state index in [1.54, 1.807) is 0 Å². The topological polar surface area (TPSA) is 77.2 Å². The predicted molar refractivity (Wildman–Crippen MR) is 115 cm³/mol. The van der Waals surface area contributed by atoms with E-state index >= 15 is 0 Å². The van der Waals surface area contributed by atoms with Gasteiger partial charge in [0.2, 0.25) is 11.8 Å². The van der Waals surface area contributed by atoms with Crippen molar-refractivity contribution < 1.29 is 14.1 Å². The lowest BCUT2D eigenvalue weighted by molar-refractivity contribution is -0.122. The van der Waals surface area contributed by atoms with E-state index in [1.165, 1.54) is 0 Å². The first-order valence-corrected chi connectivity index (χ1v) is 10.3. The number of carbonyl (C=O) groups is 1. The summed E-state index contributed by atoms with van der Waals surface area (Å²) < 4.78 is 11.4. The van der Waals surface area contributed by atoms with Gasteiger partial charge < -0.3 is 14.6 Å². The molecule has 1 heterocycles. The van der Waals surface area contributed by atoms with Crippen LogP contribution in [0, 0.1) is 13.8 Å². The first kappa shape index (κ1) is 21.6. The molecule has 1 amide bonds. The normalized spacial score (nSPS) is 12.0. The third kappa shape index (κ3) is 5.69. The number of ether oxygens (including phenoxy) is 1. The highest BCUT2D eigenvalue weighted by Gasteiger charge is 2.18. The molecule has 0 bridgehead atoms. The summed E-state index contributed by atoms with van der Waals surface area (Å²) >= 11 is 0. The van der Waals surface area contributed by atoms with Crippen LogP contribution in [0.5, 0.6) is 5.75 Å². The quantitative estimate of drug-likeness (QED) is 0.557. The Balaban J connectivity index is 1.64. The third-order valence-corrected chi connectivity index (χ3v) is 4.91.